The molecule has 0 bridgehead atoms. The third-order valence-electron chi connectivity index (χ3n) is 3.98. The summed E-state index contributed by atoms with van der Waals surface area (Å²) in [6.07, 6.45) is -15.6. The molecule has 2 heterocycles. The molecule has 11 nitrogen and oxygen atoms in total. The van der Waals surface area contributed by atoms with Crippen LogP contribution in [0.4, 0.5) is 0 Å². The number of hydrogen-bond donors (Lipinski definition) is 8. The minimum Gasteiger partial charge on any atom is -0.394 e. The van der Waals surface area contributed by atoms with Crippen molar-refractivity contribution in [3.63, 3.8) is 0 Å². The van der Waals surface area contributed by atoms with Crippen molar-refractivity contribution < 1.29 is 55.1 Å². The van der Waals surface area contributed by atoms with Crippen LogP contribution in [0.1, 0.15) is 0 Å². The minimum atomic E-state index is -1.75. The van der Waals surface area contributed by atoms with E-state index in [2.05, 4.69) is 0 Å². The molecule has 11 heteroatoms. The van der Waals surface area contributed by atoms with Crippen molar-refractivity contribution in [2.24, 2.45) is 0 Å². The molecule has 0 aromatic carbocycles. The molecule has 0 saturated carbocycles. The number of hydrogen-bond acceptors (Lipinski definition) is 11. The van der Waals surface area contributed by atoms with Crippen molar-refractivity contribution in [3.05, 3.63) is 0 Å². The fourth-order valence-corrected chi connectivity index (χ4v) is 2.55. The largest absolute Gasteiger partial charge is 0.394 e. The summed E-state index contributed by atoms with van der Waals surface area (Å²) in [4.78, 5) is 0. The van der Waals surface area contributed by atoms with Crippen LogP contribution >= 0.6 is 0 Å². The molecule has 2 rings (SSSR count). The summed E-state index contributed by atoms with van der Waals surface area (Å²) in [5.74, 6) is 0. The molecule has 0 aromatic rings. The van der Waals surface area contributed by atoms with Gasteiger partial charge in [0, 0.05) is 0 Å². The minimum absolute atomic E-state index is 0.651. The van der Waals surface area contributed by atoms with Crippen LogP contribution in [0.15, 0.2) is 0 Å². The van der Waals surface area contributed by atoms with Gasteiger partial charge in [-0.05, 0) is 0 Å². The highest BCUT2D eigenvalue weighted by molar-refractivity contribution is 4.93. The first kappa shape index (κ1) is 18.9. The van der Waals surface area contributed by atoms with Crippen LogP contribution in [0.25, 0.3) is 0 Å². The Morgan fingerprint density at radius 2 is 1.17 bits per heavy atom. The SMILES string of the molecule is OC[C@@H]1O[C@@H](O[C@H]2[C@@H](O)[C@H](O)[C@H](CO)O[C@@H]2O)[C@H](O)[C@H](O)[C@H]1O. The maximum Gasteiger partial charge on any atom is 0.187 e. The van der Waals surface area contributed by atoms with E-state index < -0.39 is 74.6 Å². The van der Waals surface area contributed by atoms with Gasteiger partial charge in [0.25, 0.3) is 0 Å². The fourth-order valence-electron chi connectivity index (χ4n) is 2.55. The lowest BCUT2D eigenvalue weighted by molar-refractivity contribution is -0.361. The van der Waals surface area contributed by atoms with E-state index in [9.17, 15) is 30.6 Å². The molecule has 10 atom stereocenters. The summed E-state index contributed by atoms with van der Waals surface area (Å²) in [5, 5.41) is 76.7. The third-order valence-corrected chi connectivity index (χ3v) is 3.98. The van der Waals surface area contributed by atoms with E-state index in [0.717, 1.165) is 0 Å². The Morgan fingerprint density at radius 1 is 0.652 bits per heavy atom. The second-order valence-electron chi connectivity index (χ2n) is 5.53. The summed E-state index contributed by atoms with van der Waals surface area (Å²) in [6.45, 7) is -1.33. The van der Waals surface area contributed by atoms with Crippen molar-refractivity contribution in [3.8, 4) is 0 Å². The van der Waals surface area contributed by atoms with Crippen LogP contribution in [0.5, 0.6) is 0 Å². The van der Waals surface area contributed by atoms with E-state index in [4.69, 9.17) is 24.4 Å². The zero-order chi connectivity index (χ0) is 17.3. The molecule has 136 valence electrons. The summed E-state index contributed by atoms with van der Waals surface area (Å²) in [6, 6.07) is 0. The second kappa shape index (κ2) is 7.63. The predicted molar refractivity (Wildman–Crippen MR) is 68.6 cm³/mol. The second-order valence-corrected chi connectivity index (χ2v) is 5.53. The van der Waals surface area contributed by atoms with Crippen molar-refractivity contribution in [2.75, 3.05) is 13.2 Å². The average Bonchev–Trinajstić information content (AvgIpc) is 2.54. The van der Waals surface area contributed by atoms with E-state index in [1.807, 2.05) is 0 Å². The van der Waals surface area contributed by atoms with Gasteiger partial charge in [-0.25, -0.2) is 0 Å². The van der Waals surface area contributed by atoms with Crippen LogP contribution < -0.4 is 0 Å². The van der Waals surface area contributed by atoms with E-state index in [0.29, 0.717) is 0 Å². The molecule has 8 N–H and O–H groups in total. The first-order valence-electron chi connectivity index (χ1n) is 7.08. The number of ether oxygens (including phenoxy) is 3. The van der Waals surface area contributed by atoms with Gasteiger partial charge in [0.05, 0.1) is 13.2 Å². The average molecular weight is 342 g/mol. The first-order valence-corrected chi connectivity index (χ1v) is 7.08. The Labute approximate surface area is 130 Å². The Bertz CT molecular complexity index is 380. The van der Waals surface area contributed by atoms with Gasteiger partial charge in [-0.3, -0.25) is 0 Å². The van der Waals surface area contributed by atoms with Crippen molar-refractivity contribution in [1.29, 1.82) is 0 Å². The Morgan fingerprint density at radius 3 is 1.74 bits per heavy atom. The molecule has 2 aliphatic rings. The normalized spacial score (nSPS) is 51.7. The van der Waals surface area contributed by atoms with Crippen molar-refractivity contribution >= 4 is 0 Å². The molecule has 0 radical (unpaired) electrons. The van der Waals surface area contributed by atoms with Gasteiger partial charge >= 0.3 is 0 Å². The molecular weight excluding hydrogens is 320 g/mol. The van der Waals surface area contributed by atoms with Gasteiger partial charge in [0.15, 0.2) is 12.6 Å². The lowest BCUT2D eigenvalue weighted by atomic mass is 9.97. The molecule has 0 aromatic heterocycles. The maximum atomic E-state index is 9.94. The zero-order valence-corrected chi connectivity index (χ0v) is 12.0. The molecule has 23 heavy (non-hydrogen) atoms. The van der Waals surface area contributed by atoms with Crippen molar-refractivity contribution in [1.82, 2.24) is 0 Å². The Hall–Kier alpha value is -0.440. The van der Waals surface area contributed by atoms with Gasteiger partial charge in [-0.2, -0.15) is 0 Å². The highest BCUT2D eigenvalue weighted by atomic mass is 16.7. The molecule has 0 amide bonds. The maximum absolute atomic E-state index is 9.94. The lowest BCUT2D eigenvalue weighted by Gasteiger charge is -2.44. The van der Waals surface area contributed by atoms with E-state index in [1.54, 1.807) is 0 Å². The highest BCUT2D eigenvalue weighted by Crippen LogP contribution is 2.28. The number of aliphatic hydroxyl groups excluding tert-OH is 8. The van der Waals surface area contributed by atoms with E-state index in [-0.39, 0.29) is 0 Å². The molecule has 2 aliphatic heterocycles. The lowest BCUT2D eigenvalue weighted by Crippen LogP contribution is -2.64. The standard InChI is InChI=1S/C12H22O11/c13-1-3-6(16)8(18)10(11(20)21-3)23-12-9(19)7(17)5(15)4(2-14)22-12/h3-20H,1-2H2/t3-,4-,5-,6+,7+,8-,9+,10-,11-,12-/m0/s1. The molecule has 0 spiro atoms. The van der Waals surface area contributed by atoms with Crippen LogP contribution in [0.2, 0.25) is 0 Å². The highest BCUT2D eigenvalue weighted by Gasteiger charge is 2.50. The Kier molecular flexibility index (Phi) is 6.27. The molecule has 0 unspecified atom stereocenters. The fraction of sp³-hybridized carbons (Fsp3) is 1.00. The van der Waals surface area contributed by atoms with Gasteiger partial charge in [-0.1, -0.05) is 0 Å². The van der Waals surface area contributed by atoms with E-state index >= 15 is 0 Å². The monoisotopic (exact) mass is 342 g/mol. The quantitative estimate of drug-likeness (QED) is 0.243. The number of aliphatic hydroxyl groups is 8. The van der Waals surface area contributed by atoms with Gasteiger partial charge in [0.2, 0.25) is 0 Å². The topological polar surface area (TPSA) is 190 Å². The molecule has 2 saturated heterocycles. The third kappa shape index (κ3) is 3.65. The van der Waals surface area contributed by atoms with Crippen LogP contribution in [-0.2, 0) is 14.2 Å². The van der Waals surface area contributed by atoms with E-state index in [1.165, 1.54) is 0 Å². The van der Waals surface area contributed by atoms with Crippen LogP contribution in [0, 0.1) is 0 Å². The molecule has 0 aliphatic carbocycles. The zero-order valence-electron chi connectivity index (χ0n) is 12.0. The molecular formula is C12H22O11. The summed E-state index contributed by atoms with van der Waals surface area (Å²) < 4.78 is 15.1. The number of rotatable bonds is 4. The first-order chi connectivity index (χ1) is 10.8. The summed E-state index contributed by atoms with van der Waals surface area (Å²) in [5.41, 5.74) is 0. The summed E-state index contributed by atoms with van der Waals surface area (Å²) >= 11 is 0. The van der Waals surface area contributed by atoms with Crippen LogP contribution in [0.3, 0.4) is 0 Å². The van der Waals surface area contributed by atoms with Crippen LogP contribution in [-0.4, -0.2) is 115 Å². The Balaban J connectivity index is 2.08. The predicted octanol–water partition coefficient (Wildman–Crippen LogP) is -5.40. The summed E-state index contributed by atoms with van der Waals surface area (Å²) in [7, 11) is 0. The molecule has 2 fully saturated rings. The van der Waals surface area contributed by atoms with Crippen molar-refractivity contribution in [2.45, 2.75) is 61.4 Å². The van der Waals surface area contributed by atoms with Gasteiger partial charge < -0.3 is 55.1 Å². The smallest absolute Gasteiger partial charge is 0.187 e. The van der Waals surface area contributed by atoms with Gasteiger partial charge in [-0.15, -0.1) is 0 Å². The van der Waals surface area contributed by atoms with Gasteiger partial charge in [0.1, 0.15) is 48.8 Å².